The molecular formula is C5H8Cl2SiZr. The van der Waals surface area contributed by atoms with Gasteiger partial charge in [0.15, 0.2) is 0 Å². The number of hydrogen-bond donors (Lipinski definition) is 0. The van der Waals surface area contributed by atoms with Gasteiger partial charge in [0.05, 0.1) is 0 Å². The summed E-state index contributed by atoms with van der Waals surface area (Å²) >= 11 is 0. The minimum Gasteiger partial charge on any atom is -1.00 e. The second kappa shape index (κ2) is 16.1. The van der Waals surface area contributed by atoms with E-state index in [0.717, 1.165) is 6.42 Å². The zero-order chi connectivity index (χ0) is 3.54. The fraction of sp³-hybridized carbons (Fsp3) is 0.200. The van der Waals surface area contributed by atoms with Gasteiger partial charge in [-0.2, -0.15) is 6.08 Å². The van der Waals surface area contributed by atoms with Crippen LogP contribution in [0, 0.1) is 6.08 Å². The third kappa shape index (κ3) is 12.4. The first kappa shape index (κ1) is 22.5. The van der Waals surface area contributed by atoms with Gasteiger partial charge in [0.1, 0.15) is 0 Å². The topological polar surface area (TPSA) is 0 Å². The van der Waals surface area contributed by atoms with Gasteiger partial charge in [-0.3, -0.25) is 6.08 Å². The van der Waals surface area contributed by atoms with E-state index in [2.05, 4.69) is 12.2 Å². The van der Waals surface area contributed by atoms with Gasteiger partial charge in [-0.25, -0.2) is 12.2 Å². The molecule has 9 heavy (non-hydrogen) atoms. The summed E-state index contributed by atoms with van der Waals surface area (Å²) in [6.45, 7) is 0. The van der Waals surface area contributed by atoms with Crippen LogP contribution in [0.4, 0.5) is 0 Å². The number of halogens is 2. The molecule has 0 fully saturated rings. The van der Waals surface area contributed by atoms with Crippen molar-refractivity contribution in [3.63, 3.8) is 0 Å². The first-order valence-corrected chi connectivity index (χ1v) is 1.72. The molecule has 2 radical (unpaired) electrons. The molecule has 50 valence electrons. The Kier molecular flexibility index (Phi) is 40.1. The van der Waals surface area contributed by atoms with E-state index in [1.165, 1.54) is 0 Å². The zero-order valence-corrected chi connectivity index (χ0v) is 11.2. The average Bonchev–Trinajstić information content (AvgIpc) is 1.76. The van der Waals surface area contributed by atoms with Crippen molar-refractivity contribution in [3.8, 4) is 0 Å². The third-order valence-electron chi connectivity index (χ3n) is 0.586. The minimum atomic E-state index is 0. The summed E-state index contributed by atoms with van der Waals surface area (Å²) < 4.78 is 0. The molecule has 0 N–H and O–H groups in total. The third-order valence-corrected chi connectivity index (χ3v) is 0.586. The van der Waals surface area contributed by atoms with Gasteiger partial charge in [-0.05, 0) is 11.0 Å². The van der Waals surface area contributed by atoms with Crippen LogP contribution in [0.2, 0.25) is 0 Å². The van der Waals surface area contributed by atoms with Crippen molar-refractivity contribution in [1.29, 1.82) is 0 Å². The van der Waals surface area contributed by atoms with Gasteiger partial charge < -0.3 is 24.8 Å². The van der Waals surface area contributed by atoms with Crippen LogP contribution in [0.15, 0.2) is 18.2 Å². The molecule has 0 spiro atoms. The Morgan fingerprint density at radius 1 is 1.22 bits per heavy atom. The Bertz CT molecular complexity index is 73.0. The first-order chi connectivity index (χ1) is 2.50. The average molecular weight is 258 g/mol. The largest absolute Gasteiger partial charge is 3.00 e. The van der Waals surface area contributed by atoms with Gasteiger partial charge in [0, 0.05) is 0 Å². The molecule has 1 aliphatic rings. The van der Waals surface area contributed by atoms with E-state index in [-0.39, 0.29) is 62.0 Å². The van der Waals surface area contributed by atoms with Crippen molar-refractivity contribution in [2.45, 2.75) is 6.42 Å². The fourth-order valence-electron chi connectivity index (χ4n) is 0.340. The van der Waals surface area contributed by atoms with Crippen LogP contribution in [-0.2, 0) is 26.2 Å². The van der Waals surface area contributed by atoms with Crippen LogP contribution in [0.5, 0.6) is 0 Å². The van der Waals surface area contributed by atoms with Gasteiger partial charge in [0.2, 0.25) is 0 Å². The van der Waals surface area contributed by atoms with Crippen LogP contribution < -0.4 is 24.8 Å². The van der Waals surface area contributed by atoms with Crippen LogP contribution >= 0.6 is 0 Å². The van der Waals surface area contributed by atoms with Crippen LogP contribution in [-0.4, -0.2) is 11.0 Å². The molecule has 0 aliphatic heterocycles. The Morgan fingerprint density at radius 3 is 1.89 bits per heavy atom. The fourth-order valence-corrected chi connectivity index (χ4v) is 0.340. The molecule has 0 aromatic rings. The minimum absolute atomic E-state index is 0. The molecule has 0 nitrogen and oxygen atoms in total. The van der Waals surface area contributed by atoms with Crippen LogP contribution in [0.25, 0.3) is 0 Å². The smallest absolute Gasteiger partial charge is 1.00 e. The van der Waals surface area contributed by atoms with E-state index < -0.39 is 0 Å². The van der Waals surface area contributed by atoms with E-state index in [0.29, 0.717) is 0 Å². The summed E-state index contributed by atoms with van der Waals surface area (Å²) in [7, 11) is 0. The number of allylic oxidation sites excluding steroid dienone is 4. The zero-order valence-electron chi connectivity index (χ0n) is 5.20. The Morgan fingerprint density at radius 2 is 1.78 bits per heavy atom. The maximum absolute atomic E-state index is 2.99. The quantitative estimate of drug-likeness (QED) is 0.300. The standard InChI is InChI=1S/C5H5.2ClH.H3Si.Zr/c1-2-4-5-3-1;;;;/h1-3H,4H2;2*1H;1H3;/q-1;;;;+3/p-2. The molecule has 0 amide bonds. The Balaban J connectivity index is -0.0000000312. The monoisotopic (exact) mass is 256 g/mol. The molecule has 0 saturated carbocycles. The predicted molar refractivity (Wildman–Crippen MR) is 31.5 cm³/mol. The summed E-state index contributed by atoms with van der Waals surface area (Å²) in [4.78, 5) is 0. The molecule has 1 rings (SSSR count). The Hall–Kier alpha value is 1.16. The molecule has 0 heterocycles. The summed E-state index contributed by atoms with van der Waals surface area (Å²) in [6.07, 6.45) is 10.0. The van der Waals surface area contributed by atoms with E-state index >= 15 is 0 Å². The molecule has 0 aromatic heterocycles. The normalized spacial score (nSPS) is 9.78. The molecule has 0 unspecified atom stereocenters. The maximum atomic E-state index is 2.99. The van der Waals surface area contributed by atoms with E-state index in [1.807, 2.05) is 12.2 Å². The van der Waals surface area contributed by atoms with Crippen molar-refractivity contribution in [2.75, 3.05) is 0 Å². The molecule has 0 aromatic carbocycles. The molecule has 0 saturated heterocycles. The maximum Gasteiger partial charge on any atom is 3.00 e. The second-order valence-electron chi connectivity index (χ2n) is 1.00. The molecular weight excluding hydrogens is 250 g/mol. The van der Waals surface area contributed by atoms with Crippen molar-refractivity contribution < 1.29 is 51.0 Å². The summed E-state index contributed by atoms with van der Waals surface area (Å²) in [5, 5.41) is 0. The van der Waals surface area contributed by atoms with Crippen molar-refractivity contribution in [1.82, 2.24) is 0 Å². The molecule has 0 atom stereocenters. The Labute approximate surface area is 92.1 Å². The van der Waals surface area contributed by atoms with E-state index in [4.69, 9.17) is 0 Å². The van der Waals surface area contributed by atoms with Crippen LogP contribution in [0.1, 0.15) is 6.42 Å². The van der Waals surface area contributed by atoms with Gasteiger partial charge in [-0.1, -0.05) is 0 Å². The summed E-state index contributed by atoms with van der Waals surface area (Å²) in [5.74, 6) is 0. The molecule has 4 heteroatoms. The molecule has 1 aliphatic carbocycles. The van der Waals surface area contributed by atoms with Gasteiger partial charge in [-0.15, -0.1) is 6.42 Å². The van der Waals surface area contributed by atoms with Gasteiger partial charge in [0.25, 0.3) is 0 Å². The predicted octanol–water partition coefficient (Wildman–Crippen LogP) is -5.87. The van der Waals surface area contributed by atoms with Gasteiger partial charge >= 0.3 is 26.2 Å². The second-order valence-corrected chi connectivity index (χ2v) is 1.00. The number of rotatable bonds is 0. The van der Waals surface area contributed by atoms with Crippen molar-refractivity contribution in [2.24, 2.45) is 0 Å². The van der Waals surface area contributed by atoms with Crippen LogP contribution in [0.3, 0.4) is 0 Å². The summed E-state index contributed by atoms with van der Waals surface area (Å²) in [6, 6.07) is 0. The van der Waals surface area contributed by atoms with E-state index in [9.17, 15) is 0 Å². The molecule has 0 bridgehead atoms. The SMILES string of the molecule is [C-]1=CC=CC1.[Cl-].[Cl-].[SiH3].[Zr+3]. The van der Waals surface area contributed by atoms with E-state index in [1.54, 1.807) is 0 Å². The first-order valence-electron chi connectivity index (χ1n) is 1.72. The van der Waals surface area contributed by atoms with Crippen molar-refractivity contribution in [3.05, 3.63) is 24.3 Å². The van der Waals surface area contributed by atoms with Crippen molar-refractivity contribution >= 4 is 11.0 Å². The summed E-state index contributed by atoms with van der Waals surface area (Å²) in [5.41, 5.74) is 0. The number of hydrogen-bond acceptors (Lipinski definition) is 0.